The van der Waals surface area contributed by atoms with Gasteiger partial charge in [0.05, 0.1) is 11.9 Å². The van der Waals surface area contributed by atoms with Crippen molar-refractivity contribution in [2.24, 2.45) is 46.3 Å². The third-order valence-corrected chi connectivity index (χ3v) is 11.8. The second-order valence-corrected chi connectivity index (χ2v) is 12.9. The number of halogens is 1. The highest BCUT2D eigenvalue weighted by Gasteiger charge is 2.65. The van der Waals surface area contributed by atoms with Gasteiger partial charge in [-0.2, -0.15) is 0 Å². The summed E-state index contributed by atoms with van der Waals surface area (Å²) in [7, 11) is 1.45. The summed E-state index contributed by atoms with van der Waals surface area (Å²) in [5.74, 6) is 2.82. The minimum Gasteiger partial charge on any atom is -0.469 e. The van der Waals surface area contributed by atoms with E-state index in [0.29, 0.717) is 54.1 Å². The fourth-order valence-electron chi connectivity index (χ4n) is 9.01. The molecule has 0 spiro atoms. The third kappa shape index (κ3) is 4.10. The van der Waals surface area contributed by atoms with Crippen LogP contribution in [0.3, 0.4) is 0 Å². The fourth-order valence-corrected chi connectivity index (χ4v) is 10.1. The van der Waals surface area contributed by atoms with Crippen LogP contribution in [0, 0.1) is 46.3 Å². The minimum atomic E-state index is -0.194. The summed E-state index contributed by atoms with van der Waals surface area (Å²) >= 11 is 3.76. The number of ketones is 1. The van der Waals surface area contributed by atoms with Crippen LogP contribution >= 0.6 is 15.9 Å². The average molecular weight is 526 g/mol. The summed E-state index contributed by atoms with van der Waals surface area (Å²) in [6, 6.07) is 0. The quantitative estimate of drug-likeness (QED) is 0.339. The number of hydrogen-bond acceptors (Lipinski definition) is 5. The monoisotopic (exact) mass is 524 g/mol. The lowest BCUT2D eigenvalue weighted by molar-refractivity contribution is -0.192. The van der Waals surface area contributed by atoms with Crippen LogP contribution in [0.2, 0.25) is 0 Å². The van der Waals surface area contributed by atoms with Crippen molar-refractivity contribution in [1.29, 1.82) is 0 Å². The van der Waals surface area contributed by atoms with Crippen LogP contribution in [0.5, 0.6) is 0 Å². The van der Waals surface area contributed by atoms with Crippen molar-refractivity contribution in [3.8, 4) is 0 Å². The van der Waals surface area contributed by atoms with Gasteiger partial charge in [-0.15, -0.1) is 0 Å². The summed E-state index contributed by atoms with van der Waals surface area (Å²) in [5, 5.41) is 0. The smallest absolute Gasteiger partial charge is 0.305 e. The third-order valence-electron chi connectivity index (χ3n) is 10.7. The molecule has 4 saturated carbocycles. The van der Waals surface area contributed by atoms with Gasteiger partial charge in [0.25, 0.3) is 0 Å². The highest BCUT2D eigenvalue weighted by atomic mass is 79.9. The van der Waals surface area contributed by atoms with E-state index in [2.05, 4.69) is 36.7 Å². The number of ether oxygens (including phenoxy) is 2. The van der Waals surface area contributed by atoms with Crippen LogP contribution in [0.15, 0.2) is 0 Å². The Kier molecular flexibility index (Phi) is 7.08. The van der Waals surface area contributed by atoms with E-state index in [4.69, 9.17) is 9.47 Å². The normalized spacial score (nSPS) is 45.4. The van der Waals surface area contributed by atoms with E-state index in [1.54, 1.807) is 0 Å². The van der Waals surface area contributed by atoms with E-state index < -0.39 is 0 Å². The molecule has 0 unspecified atom stereocenters. The molecule has 5 nitrogen and oxygen atoms in total. The molecule has 0 N–H and O–H groups in total. The number of carbonyl (C=O) groups is 3. The van der Waals surface area contributed by atoms with Crippen molar-refractivity contribution >= 4 is 33.7 Å². The summed E-state index contributed by atoms with van der Waals surface area (Å²) in [4.78, 5) is 36.5. The Morgan fingerprint density at radius 3 is 2.48 bits per heavy atom. The van der Waals surface area contributed by atoms with Gasteiger partial charge in [0.2, 0.25) is 0 Å². The summed E-state index contributed by atoms with van der Waals surface area (Å²) < 4.78 is 11.0. The van der Waals surface area contributed by atoms with Gasteiger partial charge in [0, 0.05) is 25.2 Å². The molecule has 0 saturated heterocycles. The first kappa shape index (κ1) is 25.2. The highest BCUT2D eigenvalue weighted by molar-refractivity contribution is 9.10. The second-order valence-electron chi connectivity index (χ2n) is 11.9. The van der Waals surface area contributed by atoms with Gasteiger partial charge in [-0.1, -0.05) is 36.7 Å². The Bertz CT molecular complexity index is 797. The molecule has 0 aromatic carbocycles. The van der Waals surface area contributed by atoms with Gasteiger partial charge in [-0.25, -0.2) is 0 Å². The average Bonchev–Trinajstić information content (AvgIpc) is 3.13. The first-order chi connectivity index (χ1) is 15.5. The lowest BCUT2D eigenvalue weighted by atomic mass is 9.43. The molecule has 186 valence electrons. The molecule has 4 rings (SSSR count). The molecule has 0 bridgehead atoms. The van der Waals surface area contributed by atoms with Crippen molar-refractivity contribution in [2.75, 3.05) is 7.11 Å². The zero-order valence-corrected chi connectivity index (χ0v) is 22.5. The van der Waals surface area contributed by atoms with Crippen molar-refractivity contribution in [1.82, 2.24) is 0 Å². The molecule has 0 aromatic heterocycles. The maximum absolute atomic E-state index is 12.5. The summed E-state index contributed by atoms with van der Waals surface area (Å²) in [5.41, 5.74) is 0.0448. The molecule has 0 heterocycles. The largest absolute Gasteiger partial charge is 0.469 e. The number of fused-ring (bicyclic) bond motifs is 5. The number of alkyl halides is 1. The van der Waals surface area contributed by atoms with Crippen molar-refractivity contribution < 1.29 is 23.9 Å². The first-order valence-corrected chi connectivity index (χ1v) is 13.9. The van der Waals surface area contributed by atoms with Crippen LogP contribution in [0.1, 0.15) is 85.5 Å². The van der Waals surface area contributed by atoms with Crippen molar-refractivity contribution in [2.45, 2.75) is 96.4 Å². The van der Waals surface area contributed by atoms with E-state index in [1.165, 1.54) is 20.5 Å². The Hall–Kier alpha value is -0.910. The fraction of sp³-hybridized carbons (Fsp3) is 0.889. The molecule has 10 atom stereocenters. The van der Waals surface area contributed by atoms with Crippen LogP contribution < -0.4 is 0 Å². The lowest BCUT2D eigenvalue weighted by Crippen LogP contribution is -2.60. The molecule has 0 aliphatic heterocycles. The molecular weight excluding hydrogens is 484 g/mol. The van der Waals surface area contributed by atoms with E-state index in [-0.39, 0.29) is 33.7 Å². The van der Waals surface area contributed by atoms with Gasteiger partial charge in [-0.3, -0.25) is 14.4 Å². The van der Waals surface area contributed by atoms with Crippen LogP contribution in [-0.2, 0) is 23.9 Å². The van der Waals surface area contributed by atoms with E-state index >= 15 is 0 Å². The van der Waals surface area contributed by atoms with Crippen LogP contribution in [-0.4, -0.2) is 35.8 Å². The standard InChI is InChI=1S/C27H41BrO5/c1-15(6-11-24(31)32-5)18-9-10-19-17-7-8-20-25(28)22(30)12-13-26(20,3)21(17)14-23(27(18,19)4)33-16(2)29/h15,17-21,23,25H,6-14H2,1-5H3/t15-,17-,18+,19-,20+,21-,23-,25+,26+,27+/m1/s1. The number of Topliss-reactive ketones (excluding diaryl/α,β-unsaturated/α-hetero) is 1. The SMILES string of the molecule is COC(=O)CC[C@@H](C)[C@@H]1CC[C@@H]2[C@H]3CC[C@H]4[C@H](Br)C(=O)CC[C@]4(C)[C@@H]3C[C@@H](OC(C)=O)[C@]21C. The predicted octanol–water partition coefficient (Wildman–Crippen LogP) is 5.72. The molecular formula is C27H41BrO5. The maximum atomic E-state index is 12.5. The summed E-state index contributed by atoms with van der Waals surface area (Å²) in [6.07, 6.45) is 8.23. The highest BCUT2D eigenvalue weighted by Crippen LogP contribution is 2.69. The molecule has 4 fully saturated rings. The van der Waals surface area contributed by atoms with Crippen LogP contribution in [0.25, 0.3) is 0 Å². The zero-order valence-electron chi connectivity index (χ0n) is 20.9. The minimum absolute atomic E-state index is 0.0349. The molecule has 6 heteroatoms. The predicted molar refractivity (Wildman–Crippen MR) is 130 cm³/mol. The molecule has 33 heavy (non-hydrogen) atoms. The number of rotatable bonds is 5. The molecule has 0 amide bonds. The molecule has 4 aliphatic rings. The van der Waals surface area contributed by atoms with Gasteiger partial charge in [0.15, 0.2) is 0 Å². The first-order valence-electron chi connectivity index (χ1n) is 12.9. The molecule has 0 aromatic rings. The number of methoxy groups -OCH3 is 1. The van der Waals surface area contributed by atoms with E-state index in [1.807, 2.05) is 0 Å². The van der Waals surface area contributed by atoms with E-state index in [9.17, 15) is 14.4 Å². The second kappa shape index (κ2) is 9.28. The van der Waals surface area contributed by atoms with Crippen molar-refractivity contribution in [3.05, 3.63) is 0 Å². The van der Waals surface area contributed by atoms with Crippen molar-refractivity contribution in [3.63, 3.8) is 0 Å². The Morgan fingerprint density at radius 1 is 1.12 bits per heavy atom. The number of esters is 2. The Labute approximate surface area is 207 Å². The number of hydrogen-bond donors (Lipinski definition) is 0. The number of carbonyl (C=O) groups excluding carboxylic acids is 3. The molecule has 0 radical (unpaired) electrons. The van der Waals surface area contributed by atoms with Crippen LogP contribution in [0.4, 0.5) is 0 Å². The maximum Gasteiger partial charge on any atom is 0.305 e. The Balaban J connectivity index is 1.64. The van der Waals surface area contributed by atoms with Gasteiger partial charge < -0.3 is 9.47 Å². The van der Waals surface area contributed by atoms with E-state index in [0.717, 1.165) is 38.5 Å². The Morgan fingerprint density at radius 2 is 1.82 bits per heavy atom. The van der Waals surface area contributed by atoms with Gasteiger partial charge >= 0.3 is 11.9 Å². The van der Waals surface area contributed by atoms with Gasteiger partial charge in [0.1, 0.15) is 11.9 Å². The topological polar surface area (TPSA) is 69.7 Å². The summed E-state index contributed by atoms with van der Waals surface area (Å²) in [6.45, 7) is 8.58. The van der Waals surface area contributed by atoms with Gasteiger partial charge in [-0.05, 0) is 85.9 Å². The zero-order chi connectivity index (χ0) is 24.1. The lowest BCUT2D eigenvalue weighted by Gasteiger charge is -2.62. The molecule has 4 aliphatic carbocycles.